The lowest BCUT2D eigenvalue weighted by atomic mass is 10.0. The van der Waals surface area contributed by atoms with Gasteiger partial charge in [-0.05, 0) is 12.0 Å². The normalized spacial score (nSPS) is 11.5. The number of aliphatic carboxylic acids is 1. The van der Waals surface area contributed by atoms with Crippen LogP contribution < -0.4 is 15.4 Å². The van der Waals surface area contributed by atoms with Crippen molar-refractivity contribution in [2.45, 2.75) is 19.8 Å². The first-order valence-electron chi connectivity index (χ1n) is 6.31. The van der Waals surface area contributed by atoms with Crippen LogP contribution in [-0.4, -0.2) is 35.7 Å². The van der Waals surface area contributed by atoms with E-state index in [0.29, 0.717) is 24.5 Å². The lowest BCUT2D eigenvalue weighted by molar-refractivity contribution is -0.138. The molecule has 7 nitrogen and oxygen atoms in total. The van der Waals surface area contributed by atoms with Crippen molar-refractivity contribution < 1.29 is 19.4 Å². The van der Waals surface area contributed by atoms with Crippen LogP contribution in [0.2, 0.25) is 0 Å². The Morgan fingerprint density at radius 3 is 2.70 bits per heavy atom. The Bertz CT molecular complexity index is 447. The van der Waals surface area contributed by atoms with Gasteiger partial charge in [0.25, 0.3) is 0 Å². The van der Waals surface area contributed by atoms with Gasteiger partial charge in [0.1, 0.15) is 0 Å². The molecule has 3 N–H and O–H groups in total. The van der Waals surface area contributed by atoms with Gasteiger partial charge in [-0.3, -0.25) is 4.79 Å². The number of carboxylic acid groups (broad SMARTS) is 1. The summed E-state index contributed by atoms with van der Waals surface area (Å²) in [7, 11) is 1.51. The number of amides is 2. The fourth-order valence-electron chi connectivity index (χ4n) is 1.60. The smallest absolute Gasteiger partial charge is 0.319 e. The van der Waals surface area contributed by atoms with E-state index in [1.54, 1.807) is 12.1 Å². The molecule has 110 valence electrons. The van der Waals surface area contributed by atoms with Crippen LogP contribution in [0.25, 0.3) is 0 Å². The zero-order valence-electron chi connectivity index (χ0n) is 11.5. The molecule has 1 rings (SSSR count). The molecule has 20 heavy (non-hydrogen) atoms. The van der Waals surface area contributed by atoms with Gasteiger partial charge in [-0.1, -0.05) is 13.3 Å². The van der Waals surface area contributed by atoms with E-state index in [2.05, 4.69) is 15.6 Å². The first-order chi connectivity index (χ1) is 9.55. The Labute approximate surface area is 117 Å². The summed E-state index contributed by atoms with van der Waals surface area (Å²) in [4.78, 5) is 26.2. The minimum absolute atomic E-state index is 0.0425. The van der Waals surface area contributed by atoms with Crippen molar-refractivity contribution in [3.05, 3.63) is 18.3 Å². The molecule has 0 aliphatic carbocycles. The number of carboxylic acids is 1. The monoisotopic (exact) mass is 281 g/mol. The maximum absolute atomic E-state index is 11.6. The predicted molar refractivity (Wildman–Crippen MR) is 73.8 cm³/mol. The standard InChI is InChI=1S/C13H19N3O4/c1-3-9(6-12(17)18)7-15-13(19)16-10-4-5-11(20-2)14-8-10/h4-5,8-9H,3,6-7H2,1-2H3,(H,17,18)(H2,15,16,19). The summed E-state index contributed by atoms with van der Waals surface area (Å²) in [6.45, 7) is 2.21. The van der Waals surface area contributed by atoms with Gasteiger partial charge < -0.3 is 20.5 Å². The van der Waals surface area contributed by atoms with Crippen molar-refractivity contribution in [1.29, 1.82) is 0 Å². The largest absolute Gasteiger partial charge is 0.481 e. The molecule has 1 aromatic rings. The number of urea groups is 1. The summed E-state index contributed by atoms with van der Waals surface area (Å²) in [6.07, 6.45) is 2.21. The number of anilines is 1. The minimum Gasteiger partial charge on any atom is -0.481 e. The molecular formula is C13H19N3O4. The highest BCUT2D eigenvalue weighted by Crippen LogP contribution is 2.11. The quantitative estimate of drug-likeness (QED) is 0.706. The average molecular weight is 281 g/mol. The third-order valence-corrected chi connectivity index (χ3v) is 2.80. The summed E-state index contributed by atoms with van der Waals surface area (Å²) in [5.74, 6) is -0.478. The van der Waals surface area contributed by atoms with Crippen LogP contribution in [0.15, 0.2) is 18.3 Å². The van der Waals surface area contributed by atoms with Gasteiger partial charge in [0.2, 0.25) is 5.88 Å². The number of nitrogens with zero attached hydrogens (tertiary/aromatic N) is 1. The van der Waals surface area contributed by atoms with E-state index in [1.165, 1.54) is 13.3 Å². The van der Waals surface area contributed by atoms with Crippen LogP contribution in [0.4, 0.5) is 10.5 Å². The van der Waals surface area contributed by atoms with Crippen molar-refractivity contribution in [3.8, 4) is 5.88 Å². The second-order valence-corrected chi connectivity index (χ2v) is 4.30. The predicted octanol–water partition coefficient (Wildman–Crippen LogP) is 1.71. The van der Waals surface area contributed by atoms with Crippen molar-refractivity contribution in [2.24, 2.45) is 5.92 Å². The van der Waals surface area contributed by atoms with Crippen LogP contribution in [0, 0.1) is 5.92 Å². The van der Waals surface area contributed by atoms with Crippen LogP contribution in [0.3, 0.4) is 0 Å². The molecule has 0 radical (unpaired) electrons. The third-order valence-electron chi connectivity index (χ3n) is 2.80. The Hall–Kier alpha value is -2.31. The van der Waals surface area contributed by atoms with E-state index in [9.17, 15) is 9.59 Å². The molecule has 1 atom stereocenters. The number of ether oxygens (including phenoxy) is 1. The summed E-state index contributed by atoms with van der Waals surface area (Å²) in [5, 5.41) is 14.0. The van der Waals surface area contributed by atoms with Gasteiger partial charge in [-0.15, -0.1) is 0 Å². The highest BCUT2D eigenvalue weighted by molar-refractivity contribution is 5.89. The Balaban J connectivity index is 2.40. The van der Waals surface area contributed by atoms with E-state index in [-0.39, 0.29) is 18.4 Å². The highest BCUT2D eigenvalue weighted by atomic mass is 16.5. The van der Waals surface area contributed by atoms with E-state index in [0.717, 1.165) is 0 Å². The number of nitrogens with one attached hydrogen (secondary N) is 2. The summed E-state index contributed by atoms with van der Waals surface area (Å²) >= 11 is 0. The van der Waals surface area contributed by atoms with Crippen LogP contribution in [-0.2, 0) is 4.79 Å². The van der Waals surface area contributed by atoms with Gasteiger partial charge in [0, 0.05) is 19.0 Å². The van der Waals surface area contributed by atoms with E-state index in [1.807, 2.05) is 6.92 Å². The molecule has 0 saturated carbocycles. The lowest BCUT2D eigenvalue weighted by Gasteiger charge is -2.14. The van der Waals surface area contributed by atoms with Gasteiger partial charge in [-0.2, -0.15) is 0 Å². The molecule has 0 fully saturated rings. The second-order valence-electron chi connectivity index (χ2n) is 4.30. The molecule has 0 aliphatic rings. The average Bonchev–Trinajstić information content (AvgIpc) is 2.44. The van der Waals surface area contributed by atoms with E-state index >= 15 is 0 Å². The number of hydrogen-bond acceptors (Lipinski definition) is 4. The van der Waals surface area contributed by atoms with Gasteiger partial charge in [0.05, 0.1) is 19.0 Å². The van der Waals surface area contributed by atoms with Gasteiger partial charge in [0.15, 0.2) is 0 Å². The summed E-state index contributed by atoms with van der Waals surface area (Å²) in [6, 6.07) is 2.91. The zero-order valence-corrected chi connectivity index (χ0v) is 11.5. The maximum Gasteiger partial charge on any atom is 0.319 e. The number of carbonyl (C=O) groups is 2. The SMILES string of the molecule is CCC(CNC(=O)Nc1ccc(OC)nc1)CC(=O)O. The fraction of sp³-hybridized carbons (Fsp3) is 0.462. The third kappa shape index (κ3) is 5.55. The summed E-state index contributed by atoms with van der Waals surface area (Å²) in [5.41, 5.74) is 0.537. The molecule has 0 aliphatic heterocycles. The molecule has 0 bridgehead atoms. The highest BCUT2D eigenvalue weighted by Gasteiger charge is 2.12. The van der Waals surface area contributed by atoms with Crippen molar-refractivity contribution in [1.82, 2.24) is 10.3 Å². The van der Waals surface area contributed by atoms with Crippen molar-refractivity contribution >= 4 is 17.7 Å². The van der Waals surface area contributed by atoms with Crippen LogP contribution in [0.5, 0.6) is 5.88 Å². The number of hydrogen-bond donors (Lipinski definition) is 3. The van der Waals surface area contributed by atoms with Crippen molar-refractivity contribution in [3.63, 3.8) is 0 Å². The zero-order chi connectivity index (χ0) is 15.0. The number of carbonyl (C=O) groups excluding carboxylic acids is 1. The summed E-state index contributed by atoms with van der Waals surface area (Å²) < 4.78 is 4.91. The molecule has 7 heteroatoms. The molecule has 2 amide bonds. The lowest BCUT2D eigenvalue weighted by Crippen LogP contribution is -2.33. The molecule has 0 saturated heterocycles. The topological polar surface area (TPSA) is 101 Å². The Kier molecular flexibility index (Phi) is 6.28. The molecule has 1 heterocycles. The van der Waals surface area contributed by atoms with Crippen LogP contribution in [0.1, 0.15) is 19.8 Å². The first kappa shape index (κ1) is 15.7. The Morgan fingerprint density at radius 1 is 1.45 bits per heavy atom. The van der Waals surface area contributed by atoms with Gasteiger partial charge >= 0.3 is 12.0 Å². The van der Waals surface area contributed by atoms with Crippen molar-refractivity contribution in [2.75, 3.05) is 19.0 Å². The molecule has 1 unspecified atom stereocenters. The second kappa shape index (κ2) is 7.98. The van der Waals surface area contributed by atoms with E-state index in [4.69, 9.17) is 9.84 Å². The number of aromatic nitrogens is 1. The molecule has 0 spiro atoms. The minimum atomic E-state index is -0.863. The fourth-order valence-corrected chi connectivity index (χ4v) is 1.60. The maximum atomic E-state index is 11.6. The molecule has 1 aromatic heterocycles. The number of rotatable bonds is 7. The number of methoxy groups -OCH3 is 1. The van der Waals surface area contributed by atoms with E-state index < -0.39 is 5.97 Å². The molecular weight excluding hydrogens is 262 g/mol. The van der Waals surface area contributed by atoms with Gasteiger partial charge in [-0.25, -0.2) is 9.78 Å². The molecule has 0 aromatic carbocycles. The van der Waals surface area contributed by atoms with Crippen LogP contribution >= 0.6 is 0 Å². The first-order valence-corrected chi connectivity index (χ1v) is 6.31. The Morgan fingerprint density at radius 2 is 2.20 bits per heavy atom. The number of pyridine rings is 1.